The van der Waals surface area contributed by atoms with E-state index in [4.69, 9.17) is 21.1 Å². The lowest BCUT2D eigenvalue weighted by atomic mass is 9.93. The molecule has 4 nitrogen and oxygen atoms in total. The maximum absolute atomic E-state index is 12.6. The third-order valence-corrected chi connectivity index (χ3v) is 4.81. The van der Waals surface area contributed by atoms with Gasteiger partial charge in [0.15, 0.2) is 6.10 Å². The first-order chi connectivity index (χ1) is 12.7. The van der Waals surface area contributed by atoms with Crippen molar-refractivity contribution < 1.29 is 14.3 Å². The summed E-state index contributed by atoms with van der Waals surface area (Å²) in [6.07, 6.45) is -0.614. The van der Waals surface area contributed by atoms with Gasteiger partial charge >= 0.3 is 0 Å². The van der Waals surface area contributed by atoms with E-state index in [9.17, 15) is 4.79 Å². The van der Waals surface area contributed by atoms with Crippen molar-refractivity contribution >= 4 is 17.5 Å². The summed E-state index contributed by atoms with van der Waals surface area (Å²) in [5, 5.41) is 3.67. The maximum atomic E-state index is 12.6. The number of rotatable bonds is 7. The number of amides is 1. The van der Waals surface area contributed by atoms with E-state index in [1.54, 1.807) is 38.3 Å². The fourth-order valence-corrected chi connectivity index (χ4v) is 3.12. The Morgan fingerprint density at radius 1 is 1.04 bits per heavy atom. The topological polar surface area (TPSA) is 47.6 Å². The van der Waals surface area contributed by atoms with Gasteiger partial charge in [0.25, 0.3) is 5.91 Å². The molecular weight excluding hydrogens is 362 g/mol. The van der Waals surface area contributed by atoms with E-state index in [-0.39, 0.29) is 11.9 Å². The predicted molar refractivity (Wildman–Crippen MR) is 110 cm³/mol. The van der Waals surface area contributed by atoms with E-state index in [1.807, 2.05) is 19.9 Å². The summed E-state index contributed by atoms with van der Waals surface area (Å²) in [6, 6.07) is 11.0. The van der Waals surface area contributed by atoms with Gasteiger partial charge in [-0.1, -0.05) is 25.4 Å². The molecule has 0 aliphatic heterocycles. The molecule has 0 aliphatic carbocycles. The highest BCUT2D eigenvalue weighted by Gasteiger charge is 2.20. The minimum atomic E-state index is -0.614. The fraction of sp³-hybridized carbons (Fsp3) is 0.409. The summed E-state index contributed by atoms with van der Waals surface area (Å²) < 4.78 is 11.2. The second-order valence-electron chi connectivity index (χ2n) is 7.05. The Balaban J connectivity index is 2.11. The Bertz CT molecular complexity index is 787. The van der Waals surface area contributed by atoms with Gasteiger partial charge < -0.3 is 14.8 Å². The molecule has 0 fully saturated rings. The Hall–Kier alpha value is -2.20. The van der Waals surface area contributed by atoms with Crippen molar-refractivity contribution in [3.05, 3.63) is 58.1 Å². The number of carbonyl (C=O) groups excluding carboxylic acids is 1. The van der Waals surface area contributed by atoms with E-state index in [2.05, 4.69) is 25.2 Å². The van der Waals surface area contributed by atoms with Crippen molar-refractivity contribution in [3.63, 3.8) is 0 Å². The number of hydrogen-bond donors (Lipinski definition) is 1. The summed E-state index contributed by atoms with van der Waals surface area (Å²) >= 11 is 5.87. The van der Waals surface area contributed by atoms with Gasteiger partial charge in [-0.2, -0.15) is 0 Å². The highest BCUT2D eigenvalue weighted by Crippen LogP contribution is 2.32. The molecule has 5 heteroatoms. The van der Waals surface area contributed by atoms with Crippen LogP contribution in [0, 0.1) is 6.92 Å². The second kappa shape index (κ2) is 9.14. The van der Waals surface area contributed by atoms with Crippen LogP contribution in [0.5, 0.6) is 11.5 Å². The monoisotopic (exact) mass is 389 g/mol. The Labute approximate surface area is 166 Å². The molecule has 0 saturated heterocycles. The molecule has 0 bridgehead atoms. The van der Waals surface area contributed by atoms with Crippen LogP contribution < -0.4 is 14.8 Å². The van der Waals surface area contributed by atoms with Crippen LogP contribution in [0.4, 0.5) is 0 Å². The number of nitrogens with one attached hydrogen (secondary N) is 1. The van der Waals surface area contributed by atoms with Crippen LogP contribution in [-0.4, -0.2) is 19.1 Å². The van der Waals surface area contributed by atoms with Gasteiger partial charge in [0.1, 0.15) is 11.5 Å². The molecular formula is C22H28ClNO3. The molecule has 0 aliphatic rings. The quantitative estimate of drug-likeness (QED) is 0.687. The number of carbonyl (C=O) groups is 1. The largest absolute Gasteiger partial charge is 0.496 e. The summed E-state index contributed by atoms with van der Waals surface area (Å²) in [7, 11) is 1.68. The number of aryl methyl sites for hydroxylation is 1. The first kappa shape index (κ1) is 21.1. The van der Waals surface area contributed by atoms with Crippen molar-refractivity contribution in [1.29, 1.82) is 0 Å². The first-order valence-electron chi connectivity index (χ1n) is 9.14. The van der Waals surface area contributed by atoms with Crippen LogP contribution in [0.1, 0.15) is 56.3 Å². The number of hydrogen-bond acceptors (Lipinski definition) is 3. The second-order valence-corrected chi connectivity index (χ2v) is 7.49. The smallest absolute Gasteiger partial charge is 0.261 e. The SMILES string of the molecule is COc1cc(C)c(C(C)NC(=O)C(C)Oc2ccc(Cl)cc2)cc1C(C)C. The van der Waals surface area contributed by atoms with Crippen molar-refractivity contribution in [1.82, 2.24) is 5.32 Å². The average Bonchev–Trinajstić information content (AvgIpc) is 2.62. The van der Waals surface area contributed by atoms with Crippen LogP contribution in [0.3, 0.4) is 0 Å². The van der Waals surface area contributed by atoms with E-state index >= 15 is 0 Å². The minimum absolute atomic E-state index is 0.142. The highest BCUT2D eigenvalue weighted by atomic mass is 35.5. The third kappa shape index (κ3) is 5.39. The molecule has 2 rings (SSSR count). The fourth-order valence-electron chi connectivity index (χ4n) is 2.99. The minimum Gasteiger partial charge on any atom is -0.496 e. The lowest BCUT2D eigenvalue weighted by Gasteiger charge is -2.22. The highest BCUT2D eigenvalue weighted by molar-refractivity contribution is 6.30. The number of halogens is 1. The Kier molecular flexibility index (Phi) is 7.14. The van der Waals surface area contributed by atoms with Crippen molar-refractivity contribution in [2.45, 2.75) is 52.7 Å². The molecule has 2 unspecified atom stereocenters. The summed E-state index contributed by atoms with van der Waals surface area (Å²) in [5.41, 5.74) is 3.28. The van der Waals surface area contributed by atoms with Crippen molar-refractivity contribution in [3.8, 4) is 11.5 Å². The Morgan fingerprint density at radius 2 is 1.67 bits per heavy atom. The van der Waals surface area contributed by atoms with Crippen LogP contribution >= 0.6 is 11.6 Å². The van der Waals surface area contributed by atoms with E-state index < -0.39 is 6.10 Å². The van der Waals surface area contributed by atoms with Gasteiger partial charge in [0.05, 0.1) is 13.2 Å². The van der Waals surface area contributed by atoms with Gasteiger partial charge in [-0.25, -0.2) is 0 Å². The predicted octanol–water partition coefficient (Wildman–Crippen LogP) is 5.43. The standard InChI is InChI=1S/C22H28ClNO3/c1-13(2)19-12-20(14(3)11-21(19)26-6)15(4)24-22(25)16(5)27-18-9-7-17(23)8-10-18/h7-13,15-16H,1-6H3,(H,24,25). The first-order valence-corrected chi connectivity index (χ1v) is 9.51. The van der Waals surface area contributed by atoms with Crippen LogP contribution in [0.2, 0.25) is 5.02 Å². The zero-order chi connectivity index (χ0) is 20.1. The summed E-state index contributed by atoms with van der Waals surface area (Å²) in [5.74, 6) is 1.65. The van der Waals surface area contributed by atoms with Gasteiger partial charge in [-0.05, 0) is 79.8 Å². The molecule has 27 heavy (non-hydrogen) atoms. The zero-order valence-corrected chi connectivity index (χ0v) is 17.6. The summed E-state index contributed by atoms with van der Waals surface area (Å²) in [6.45, 7) is 9.99. The van der Waals surface area contributed by atoms with Crippen molar-refractivity contribution in [2.24, 2.45) is 0 Å². The van der Waals surface area contributed by atoms with Gasteiger partial charge in [0, 0.05) is 5.02 Å². The van der Waals surface area contributed by atoms with E-state index in [1.165, 1.54) is 0 Å². The van der Waals surface area contributed by atoms with Crippen LogP contribution in [0.15, 0.2) is 36.4 Å². The molecule has 0 saturated carbocycles. The molecule has 2 aromatic carbocycles. The van der Waals surface area contributed by atoms with Gasteiger partial charge in [-0.3, -0.25) is 4.79 Å². The van der Waals surface area contributed by atoms with Gasteiger partial charge in [0.2, 0.25) is 0 Å². The van der Waals surface area contributed by atoms with Gasteiger partial charge in [-0.15, -0.1) is 0 Å². The average molecular weight is 390 g/mol. The normalized spacial score (nSPS) is 13.2. The Morgan fingerprint density at radius 3 is 2.22 bits per heavy atom. The number of benzene rings is 2. The lowest BCUT2D eigenvalue weighted by molar-refractivity contribution is -0.127. The lowest BCUT2D eigenvalue weighted by Crippen LogP contribution is -2.38. The molecule has 0 radical (unpaired) electrons. The zero-order valence-electron chi connectivity index (χ0n) is 16.8. The van der Waals surface area contributed by atoms with Crippen LogP contribution in [0.25, 0.3) is 0 Å². The molecule has 2 atom stereocenters. The van der Waals surface area contributed by atoms with E-state index in [0.717, 1.165) is 22.4 Å². The number of ether oxygens (including phenoxy) is 2. The molecule has 146 valence electrons. The molecule has 0 spiro atoms. The number of methoxy groups -OCH3 is 1. The molecule has 1 N–H and O–H groups in total. The van der Waals surface area contributed by atoms with Crippen molar-refractivity contribution in [2.75, 3.05) is 7.11 Å². The van der Waals surface area contributed by atoms with E-state index in [0.29, 0.717) is 16.7 Å². The molecule has 0 heterocycles. The molecule has 1 amide bonds. The molecule has 0 aromatic heterocycles. The summed E-state index contributed by atoms with van der Waals surface area (Å²) in [4.78, 5) is 12.6. The maximum Gasteiger partial charge on any atom is 0.261 e. The van der Waals surface area contributed by atoms with Crippen LogP contribution in [-0.2, 0) is 4.79 Å². The molecule has 2 aromatic rings. The third-order valence-electron chi connectivity index (χ3n) is 4.56.